The molecule has 0 spiro atoms. The molecular formula is C16H24ClNO3. The highest BCUT2D eigenvalue weighted by Crippen LogP contribution is 2.26. The maximum absolute atomic E-state index is 11.1. The third-order valence-corrected chi connectivity index (χ3v) is 3.23. The molecule has 2 N–H and O–H groups in total. The number of carboxylic acid groups (broad SMARTS) is 1. The second kappa shape index (κ2) is 6.67. The van der Waals surface area contributed by atoms with Crippen molar-refractivity contribution in [1.29, 1.82) is 0 Å². The average molecular weight is 314 g/mol. The van der Waals surface area contributed by atoms with Crippen molar-refractivity contribution in [3.63, 3.8) is 0 Å². The summed E-state index contributed by atoms with van der Waals surface area (Å²) in [4.78, 5) is 11.1. The molecule has 0 aromatic heterocycles. The predicted octanol–water partition coefficient (Wildman–Crippen LogP) is 3.72. The molecule has 0 radical (unpaired) electrons. The zero-order valence-electron chi connectivity index (χ0n) is 13.3. The van der Waals surface area contributed by atoms with Gasteiger partial charge in [0, 0.05) is 22.7 Å². The van der Waals surface area contributed by atoms with Crippen LogP contribution < -0.4 is 10.1 Å². The molecule has 21 heavy (non-hydrogen) atoms. The average Bonchev–Trinajstić information content (AvgIpc) is 2.34. The minimum atomic E-state index is -0.936. The van der Waals surface area contributed by atoms with E-state index in [9.17, 15) is 4.79 Å². The molecule has 0 aliphatic heterocycles. The first-order valence-electron chi connectivity index (χ1n) is 6.91. The normalized spacial score (nSPS) is 12.3. The number of carbonyl (C=O) groups is 1. The summed E-state index contributed by atoms with van der Waals surface area (Å²) in [6.07, 6.45) is 0. The quantitative estimate of drug-likeness (QED) is 0.840. The first-order valence-corrected chi connectivity index (χ1v) is 7.29. The number of ether oxygens (including phenoxy) is 1. The molecule has 0 unspecified atom stereocenters. The van der Waals surface area contributed by atoms with E-state index in [1.807, 2.05) is 6.07 Å². The lowest BCUT2D eigenvalue weighted by molar-refractivity contribution is -0.148. The van der Waals surface area contributed by atoms with E-state index in [4.69, 9.17) is 21.4 Å². The van der Waals surface area contributed by atoms with Gasteiger partial charge in [0.2, 0.25) is 0 Å². The Hall–Kier alpha value is -1.26. The molecule has 1 aromatic carbocycles. The van der Waals surface area contributed by atoms with Gasteiger partial charge in [-0.15, -0.1) is 0 Å². The molecule has 0 fully saturated rings. The number of rotatable bonds is 6. The summed E-state index contributed by atoms with van der Waals surface area (Å²) in [5.74, 6) is -0.226. The lowest BCUT2D eigenvalue weighted by Crippen LogP contribution is -2.35. The van der Waals surface area contributed by atoms with Crippen molar-refractivity contribution in [2.75, 3.05) is 6.61 Å². The van der Waals surface area contributed by atoms with Crippen LogP contribution in [0, 0.1) is 5.41 Å². The van der Waals surface area contributed by atoms with Crippen LogP contribution >= 0.6 is 11.6 Å². The highest BCUT2D eigenvalue weighted by atomic mass is 35.5. The van der Waals surface area contributed by atoms with E-state index in [0.29, 0.717) is 17.3 Å². The van der Waals surface area contributed by atoms with Crippen LogP contribution in [0.1, 0.15) is 40.2 Å². The van der Waals surface area contributed by atoms with Gasteiger partial charge < -0.3 is 15.2 Å². The van der Waals surface area contributed by atoms with Gasteiger partial charge in [-0.3, -0.25) is 4.79 Å². The Labute approximate surface area is 131 Å². The maximum Gasteiger partial charge on any atom is 0.312 e. The fourth-order valence-corrected chi connectivity index (χ4v) is 1.70. The molecule has 0 bridgehead atoms. The summed E-state index contributed by atoms with van der Waals surface area (Å²) in [6, 6.07) is 5.36. The molecule has 0 aliphatic rings. The molecule has 0 heterocycles. The topological polar surface area (TPSA) is 58.6 Å². The van der Waals surface area contributed by atoms with Crippen molar-refractivity contribution < 1.29 is 14.6 Å². The van der Waals surface area contributed by atoms with Crippen molar-refractivity contribution in [2.45, 2.75) is 46.7 Å². The molecule has 1 rings (SSSR count). The van der Waals surface area contributed by atoms with Crippen LogP contribution in [0.15, 0.2) is 18.2 Å². The van der Waals surface area contributed by atoms with Crippen LogP contribution in [0.3, 0.4) is 0 Å². The van der Waals surface area contributed by atoms with Gasteiger partial charge in [-0.1, -0.05) is 11.6 Å². The first kappa shape index (κ1) is 17.8. The highest BCUT2D eigenvalue weighted by molar-refractivity contribution is 6.30. The Morgan fingerprint density at radius 1 is 1.29 bits per heavy atom. The molecule has 1 aromatic rings. The largest absolute Gasteiger partial charge is 0.492 e. The molecular weight excluding hydrogens is 290 g/mol. The summed E-state index contributed by atoms with van der Waals surface area (Å²) in [5.41, 5.74) is -0.0486. The lowest BCUT2D eigenvalue weighted by Gasteiger charge is -2.23. The van der Waals surface area contributed by atoms with E-state index in [2.05, 4.69) is 26.1 Å². The van der Waals surface area contributed by atoms with Crippen molar-refractivity contribution >= 4 is 17.6 Å². The van der Waals surface area contributed by atoms with Gasteiger partial charge in [-0.2, -0.15) is 0 Å². The Morgan fingerprint density at radius 2 is 1.90 bits per heavy atom. The Balaban J connectivity index is 2.84. The smallest absolute Gasteiger partial charge is 0.312 e. The summed E-state index contributed by atoms with van der Waals surface area (Å²) in [7, 11) is 0. The number of carboxylic acids is 1. The fraction of sp³-hybridized carbons (Fsp3) is 0.562. The van der Waals surface area contributed by atoms with E-state index < -0.39 is 11.4 Å². The van der Waals surface area contributed by atoms with Gasteiger partial charge in [-0.05, 0) is 52.8 Å². The summed E-state index contributed by atoms with van der Waals surface area (Å²) in [5, 5.41) is 13.1. The van der Waals surface area contributed by atoms with Crippen LogP contribution in [0.2, 0.25) is 5.02 Å². The van der Waals surface area contributed by atoms with E-state index in [0.717, 1.165) is 5.56 Å². The Morgan fingerprint density at radius 3 is 2.43 bits per heavy atom. The highest BCUT2D eigenvalue weighted by Gasteiger charge is 2.28. The molecule has 118 valence electrons. The van der Waals surface area contributed by atoms with Gasteiger partial charge in [0.1, 0.15) is 12.4 Å². The van der Waals surface area contributed by atoms with Crippen molar-refractivity contribution in [1.82, 2.24) is 5.32 Å². The number of nitrogens with one attached hydrogen (secondary N) is 1. The fourth-order valence-electron chi connectivity index (χ4n) is 1.51. The first-order chi connectivity index (χ1) is 9.51. The maximum atomic E-state index is 11.1. The van der Waals surface area contributed by atoms with Gasteiger partial charge in [0.15, 0.2) is 0 Å². The summed E-state index contributed by atoms with van der Waals surface area (Å²) >= 11 is 6.03. The zero-order valence-corrected chi connectivity index (χ0v) is 14.0. The van der Waals surface area contributed by atoms with Crippen LogP contribution in [-0.4, -0.2) is 23.2 Å². The lowest BCUT2D eigenvalue weighted by atomic mass is 9.95. The zero-order chi connectivity index (χ0) is 16.3. The molecule has 5 heteroatoms. The molecule has 0 atom stereocenters. The number of aliphatic carboxylic acids is 1. The Bertz CT molecular complexity index is 507. The summed E-state index contributed by atoms with van der Waals surface area (Å²) in [6.45, 7) is 10.2. The number of hydrogen-bond donors (Lipinski definition) is 2. The second-order valence-electron chi connectivity index (χ2n) is 6.83. The van der Waals surface area contributed by atoms with Crippen LogP contribution in [0.25, 0.3) is 0 Å². The molecule has 0 saturated carbocycles. The molecule has 0 amide bonds. The van der Waals surface area contributed by atoms with Crippen LogP contribution in [-0.2, 0) is 11.3 Å². The van der Waals surface area contributed by atoms with E-state index in [1.54, 1.807) is 26.0 Å². The number of halogens is 1. The van der Waals surface area contributed by atoms with E-state index >= 15 is 0 Å². The van der Waals surface area contributed by atoms with E-state index in [1.165, 1.54) is 0 Å². The third kappa shape index (κ3) is 5.94. The van der Waals surface area contributed by atoms with Gasteiger partial charge in [-0.25, -0.2) is 0 Å². The van der Waals surface area contributed by atoms with Crippen LogP contribution in [0.4, 0.5) is 0 Å². The van der Waals surface area contributed by atoms with Gasteiger partial charge in [0.05, 0.1) is 5.41 Å². The van der Waals surface area contributed by atoms with E-state index in [-0.39, 0.29) is 12.1 Å². The molecule has 4 nitrogen and oxygen atoms in total. The monoisotopic (exact) mass is 313 g/mol. The van der Waals surface area contributed by atoms with Crippen molar-refractivity contribution in [3.8, 4) is 5.75 Å². The Kier molecular flexibility index (Phi) is 5.65. The van der Waals surface area contributed by atoms with Gasteiger partial charge in [0.25, 0.3) is 0 Å². The van der Waals surface area contributed by atoms with Crippen LogP contribution in [0.5, 0.6) is 5.75 Å². The third-order valence-electron chi connectivity index (χ3n) is 3.00. The van der Waals surface area contributed by atoms with Crippen molar-refractivity contribution in [2.24, 2.45) is 5.41 Å². The number of hydrogen-bond acceptors (Lipinski definition) is 3. The molecule has 0 saturated heterocycles. The predicted molar refractivity (Wildman–Crippen MR) is 85.0 cm³/mol. The standard InChI is InChI=1S/C16H24ClNO3/c1-15(2,3)18-9-11-8-12(17)6-7-13(11)21-10-16(4,5)14(19)20/h6-8,18H,9-10H2,1-5H3,(H,19,20). The SMILES string of the molecule is CC(C)(C)NCc1cc(Cl)ccc1OCC(C)(C)C(=O)O. The summed E-state index contributed by atoms with van der Waals surface area (Å²) < 4.78 is 5.70. The molecule has 0 aliphatic carbocycles. The number of benzene rings is 1. The minimum absolute atomic E-state index is 0.0279. The van der Waals surface area contributed by atoms with Crippen molar-refractivity contribution in [3.05, 3.63) is 28.8 Å². The second-order valence-corrected chi connectivity index (χ2v) is 7.27. The minimum Gasteiger partial charge on any atom is -0.492 e. The van der Waals surface area contributed by atoms with Gasteiger partial charge >= 0.3 is 5.97 Å².